The number of nitrogens with one attached hydrogen (secondary N) is 2. The number of rotatable bonds is 6. The van der Waals surface area contributed by atoms with Crippen LogP contribution in [0.3, 0.4) is 0 Å². The molecule has 0 saturated carbocycles. The second kappa shape index (κ2) is 10.6. The van der Waals surface area contributed by atoms with Gasteiger partial charge in [0.2, 0.25) is 0 Å². The van der Waals surface area contributed by atoms with E-state index in [4.69, 9.17) is 0 Å². The van der Waals surface area contributed by atoms with Crippen LogP contribution in [-0.4, -0.2) is 19.6 Å². The van der Waals surface area contributed by atoms with E-state index in [1.165, 1.54) is 10.4 Å². The summed E-state index contributed by atoms with van der Waals surface area (Å²) in [5, 5.41) is 8.87. The van der Waals surface area contributed by atoms with E-state index < -0.39 is 0 Å². The zero-order chi connectivity index (χ0) is 14.9. The highest BCUT2D eigenvalue weighted by molar-refractivity contribution is 14.0. The molecule has 2 N–H and O–H groups in total. The molecule has 0 radical (unpaired) electrons. The summed E-state index contributed by atoms with van der Waals surface area (Å²) in [6.45, 7) is 3.94. The van der Waals surface area contributed by atoms with Gasteiger partial charge in [-0.25, -0.2) is 0 Å². The van der Waals surface area contributed by atoms with E-state index >= 15 is 0 Å². The molecule has 1 aromatic heterocycles. The molecule has 120 valence electrons. The van der Waals surface area contributed by atoms with Gasteiger partial charge in [-0.2, -0.15) is 0 Å². The SMILES string of the molecule is CCC(CNC(=NC)NCc1cccs1)c1ccccc1.I. The van der Waals surface area contributed by atoms with E-state index in [9.17, 15) is 0 Å². The Morgan fingerprint density at radius 1 is 1.14 bits per heavy atom. The standard InChI is InChI=1S/C17H23N3S.HI/c1-3-14(15-8-5-4-6-9-15)12-19-17(18-2)20-13-16-10-7-11-21-16;/h4-11,14H,3,12-13H2,1-2H3,(H2,18,19,20);1H. The largest absolute Gasteiger partial charge is 0.356 e. The molecule has 0 aliphatic carbocycles. The first-order valence-corrected chi connectivity index (χ1v) is 8.23. The van der Waals surface area contributed by atoms with Crippen LogP contribution < -0.4 is 10.6 Å². The second-order valence-corrected chi connectivity index (χ2v) is 5.93. The molecule has 0 saturated heterocycles. The zero-order valence-corrected chi connectivity index (χ0v) is 16.2. The Morgan fingerprint density at radius 3 is 2.50 bits per heavy atom. The summed E-state index contributed by atoms with van der Waals surface area (Å²) < 4.78 is 0. The second-order valence-electron chi connectivity index (χ2n) is 4.90. The summed E-state index contributed by atoms with van der Waals surface area (Å²) in [5.41, 5.74) is 1.38. The molecule has 0 aliphatic rings. The van der Waals surface area contributed by atoms with Gasteiger partial charge in [0.05, 0.1) is 6.54 Å². The quantitative estimate of drug-likeness (QED) is 0.410. The third-order valence-corrected chi connectivity index (χ3v) is 4.39. The minimum Gasteiger partial charge on any atom is -0.356 e. The molecule has 1 heterocycles. The zero-order valence-electron chi connectivity index (χ0n) is 13.1. The molecule has 2 aromatic rings. The summed E-state index contributed by atoms with van der Waals surface area (Å²) >= 11 is 1.76. The van der Waals surface area contributed by atoms with Crippen LogP contribution in [0.15, 0.2) is 52.8 Å². The Morgan fingerprint density at radius 2 is 1.91 bits per heavy atom. The van der Waals surface area contributed by atoms with Gasteiger partial charge in [-0.05, 0) is 23.4 Å². The molecule has 0 aliphatic heterocycles. The van der Waals surface area contributed by atoms with Crippen molar-refractivity contribution < 1.29 is 0 Å². The predicted octanol–water partition coefficient (Wildman–Crippen LogP) is 4.22. The van der Waals surface area contributed by atoms with Crippen molar-refractivity contribution in [2.75, 3.05) is 13.6 Å². The van der Waals surface area contributed by atoms with E-state index in [1.807, 2.05) is 7.05 Å². The van der Waals surface area contributed by atoms with Crippen LogP contribution in [-0.2, 0) is 6.54 Å². The molecule has 2 rings (SSSR count). The lowest BCUT2D eigenvalue weighted by Gasteiger charge is -2.18. The first-order valence-electron chi connectivity index (χ1n) is 7.35. The van der Waals surface area contributed by atoms with Gasteiger partial charge in [0.15, 0.2) is 5.96 Å². The molecule has 0 amide bonds. The summed E-state index contributed by atoms with van der Waals surface area (Å²) in [6, 6.07) is 14.8. The topological polar surface area (TPSA) is 36.4 Å². The molecular formula is C17H24IN3S. The Balaban J connectivity index is 0.00000242. The number of aliphatic imine (C=N–C) groups is 1. The average molecular weight is 429 g/mol. The fourth-order valence-corrected chi connectivity index (χ4v) is 2.89. The van der Waals surface area contributed by atoms with Crippen molar-refractivity contribution in [1.29, 1.82) is 0 Å². The van der Waals surface area contributed by atoms with Crippen molar-refractivity contribution in [2.24, 2.45) is 4.99 Å². The number of guanidine groups is 1. The molecule has 5 heteroatoms. The third-order valence-electron chi connectivity index (χ3n) is 3.51. The van der Waals surface area contributed by atoms with Crippen molar-refractivity contribution in [3.8, 4) is 0 Å². The van der Waals surface area contributed by atoms with Crippen LogP contribution in [0.25, 0.3) is 0 Å². The lowest BCUT2D eigenvalue weighted by Crippen LogP contribution is -2.38. The summed E-state index contributed by atoms with van der Waals surface area (Å²) in [6.07, 6.45) is 1.11. The van der Waals surface area contributed by atoms with Gasteiger partial charge in [-0.15, -0.1) is 35.3 Å². The number of halogens is 1. The molecule has 3 nitrogen and oxygen atoms in total. The number of thiophene rings is 1. The van der Waals surface area contributed by atoms with Crippen LogP contribution in [0, 0.1) is 0 Å². The minimum absolute atomic E-state index is 0. The van der Waals surface area contributed by atoms with Crippen molar-refractivity contribution in [3.05, 3.63) is 58.3 Å². The van der Waals surface area contributed by atoms with Gasteiger partial charge in [0, 0.05) is 24.4 Å². The summed E-state index contributed by atoms with van der Waals surface area (Å²) in [4.78, 5) is 5.60. The first-order chi connectivity index (χ1) is 10.3. The molecular weight excluding hydrogens is 405 g/mol. The smallest absolute Gasteiger partial charge is 0.191 e. The summed E-state index contributed by atoms with van der Waals surface area (Å²) in [7, 11) is 1.81. The lowest BCUT2D eigenvalue weighted by molar-refractivity contribution is 0.630. The van der Waals surface area contributed by atoms with Gasteiger partial charge < -0.3 is 10.6 Å². The van der Waals surface area contributed by atoms with Crippen LogP contribution >= 0.6 is 35.3 Å². The molecule has 1 atom stereocenters. The van der Waals surface area contributed by atoms with Gasteiger partial charge in [-0.1, -0.05) is 43.3 Å². The molecule has 0 bridgehead atoms. The monoisotopic (exact) mass is 429 g/mol. The highest BCUT2D eigenvalue weighted by Gasteiger charge is 2.09. The Bertz CT molecular complexity index is 540. The highest BCUT2D eigenvalue weighted by Crippen LogP contribution is 2.17. The van der Waals surface area contributed by atoms with E-state index in [0.717, 1.165) is 25.5 Å². The van der Waals surface area contributed by atoms with Crippen molar-refractivity contribution in [1.82, 2.24) is 10.6 Å². The predicted molar refractivity (Wildman–Crippen MR) is 107 cm³/mol. The maximum absolute atomic E-state index is 4.29. The first kappa shape index (κ1) is 19.0. The van der Waals surface area contributed by atoms with Crippen LogP contribution in [0.2, 0.25) is 0 Å². The Labute approximate surface area is 154 Å². The fourth-order valence-electron chi connectivity index (χ4n) is 2.25. The number of hydrogen-bond donors (Lipinski definition) is 2. The van der Waals surface area contributed by atoms with Crippen LogP contribution in [0.4, 0.5) is 0 Å². The van der Waals surface area contributed by atoms with E-state index in [0.29, 0.717) is 5.92 Å². The maximum Gasteiger partial charge on any atom is 0.191 e. The van der Waals surface area contributed by atoms with Crippen LogP contribution in [0.1, 0.15) is 29.7 Å². The van der Waals surface area contributed by atoms with Crippen LogP contribution in [0.5, 0.6) is 0 Å². The highest BCUT2D eigenvalue weighted by atomic mass is 127. The fraction of sp³-hybridized carbons (Fsp3) is 0.353. The van der Waals surface area contributed by atoms with Gasteiger partial charge >= 0.3 is 0 Å². The lowest BCUT2D eigenvalue weighted by atomic mass is 9.97. The minimum atomic E-state index is 0. The van der Waals surface area contributed by atoms with Crippen molar-refractivity contribution in [2.45, 2.75) is 25.8 Å². The normalized spacial score (nSPS) is 12.4. The van der Waals surface area contributed by atoms with Gasteiger partial charge in [0.25, 0.3) is 0 Å². The molecule has 0 spiro atoms. The third kappa shape index (κ3) is 5.96. The van der Waals surface area contributed by atoms with Gasteiger partial charge in [-0.3, -0.25) is 4.99 Å². The van der Waals surface area contributed by atoms with Crippen molar-refractivity contribution in [3.63, 3.8) is 0 Å². The summed E-state index contributed by atoms with van der Waals surface area (Å²) in [5.74, 6) is 1.37. The maximum atomic E-state index is 4.29. The molecule has 1 aromatic carbocycles. The van der Waals surface area contributed by atoms with E-state index in [1.54, 1.807) is 11.3 Å². The number of benzene rings is 1. The Hall–Kier alpha value is -1.08. The van der Waals surface area contributed by atoms with Gasteiger partial charge in [0.1, 0.15) is 0 Å². The Kier molecular flexibility index (Phi) is 9.15. The van der Waals surface area contributed by atoms with Crippen molar-refractivity contribution >= 4 is 41.3 Å². The van der Waals surface area contributed by atoms with E-state index in [2.05, 4.69) is 70.4 Å². The average Bonchev–Trinajstić information content (AvgIpc) is 3.05. The number of nitrogens with zero attached hydrogens (tertiary/aromatic N) is 1. The van der Waals surface area contributed by atoms with E-state index in [-0.39, 0.29) is 24.0 Å². The molecule has 0 fully saturated rings. The molecule has 1 unspecified atom stereocenters. The molecule has 22 heavy (non-hydrogen) atoms. The number of hydrogen-bond acceptors (Lipinski definition) is 2.